The summed E-state index contributed by atoms with van der Waals surface area (Å²) < 4.78 is 0. The molecule has 1 aliphatic heterocycles. The molecular formula is C12H13ClN2O4S. The average molecular weight is 317 g/mol. The molecule has 1 aliphatic rings. The maximum absolute atomic E-state index is 12.5. The second kappa shape index (κ2) is 5.80. The second-order valence-corrected chi connectivity index (χ2v) is 5.72. The number of hydrogen-bond donors (Lipinski definition) is 2. The van der Waals surface area contributed by atoms with E-state index in [0.29, 0.717) is 16.4 Å². The maximum Gasteiger partial charge on any atom is 0.305 e. The maximum atomic E-state index is 12.5. The number of nitrogens with zero attached hydrogens (tertiary/aromatic N) is 1. The van der Waals surface area contributed by atoms with Gasteiger partial charge < -0.3 is 15.3 Å². The summed E-state index contributed by atoms with van der Waals surface area (Å²) in [7, 11) is 0. The van der Waals surface area contributed by atoms with Gasteiger partial charge in [0.1, 0.15) is 10.9 Å². The van der Waals surface area contributed by atoms with Crippen LogP contribution in [0.25, 0.3) is 0 Å². The largest absolute Gasteiger partial charge is 0.481 e. The number of carbonyl (C=O) groups is 3. The van der Waals surface area contributed by atoms with E-state index in [-0.39, 0.29) is 6.54 Å². The second-order valence-electron chi connectivity index (χ2n) is 4.47. The summed E-state index contributed by atoms with van der Waals surface area (Å²) in [5, 5.41) is 13.6. The van der Waals surface area contributed by atoms with Gasteiger partial charge in [0, 0.05) is 13.1 Å². The highest BCUT2D eigenvalue weighted by atomic mass is 35.5. The van der Waals surface area contributed by atoms with Crippen molar-refractivity contribution in [2.75, 3.05) is 13.1 Å². The molecule has 1 aromatic heterocycles. The molecule has 0 aromatic carbocycles. The van der Waals surface area contributed by atoms with Gasteiger partial charge in [-0.15, -0.1) is 11.3 Å². The molecule has 0 aliphatic carbocycles. The van der Waals surface area contributed by atoms with Crippen molar-refractivity contribution in [1.82, 2.24) is 10.2 Å². The minimum Gasteiger partial charge on any atom is -0.481 e. The molecule has 2 rings (SSSR count). The standard InChI is InChI=1S/C12H13ClN2O4S/c1-6-5-20-10(9(6)13)12(19)15-3-2-14-11(18)7(15)4-8(16)17/h5,7H,2-4H2,1H3,(H,14,18)(H,16,17). The number of amides is 2. The van der Waals surface area contributed by atoms with Gasteiger partial charge in [0.05, 0.1) is 11.4 Å². The number of carboxylic acid groups (broad SMARTS) is 1. The zero-order valence-corrected chi connectivity index (χ0v) is 12.3. The summed E-state index contributed by atoms with van der Waals surface area (Å²) in [6.07, 6.45) is -0.417. The fourth-order valence-corrected chi connectivity index (χ4v) is 3.26. The Morgan fingerprint density at radius 1 is 1.60 bits per heavy atom. The van der Waals surface area contributed by atoms with E-state index in [1.54, 1.807) is 12.3 Å². The van der Waals surface area contributed by atoms with Crippen LogP contribution >= 0.6 is 22.9 Å². The highest BCUT2D eigenvalue weighted by Gasteiger charge is 2.36. The number of aryl methyl sites for hydroxylation is 1. The van der Waals surface area contributed by atoms with Crippen molar-refractivity contribution in [3.05, 3.63) is 20.8 Å². The van der Waals surface area contributed by atoms with Crippen molar-refractivity contribution in [2.24, 2.45) is 0 Å². The molecule has 1 atom stereocenters. The number of nitrogens with one attached hydrogen (secondary N) is 1. The molecule has 20 heavy (non-hydrogen) atoms. The monoisotopic (exact) mass is 316 g/mol. The molecular weight excluding hydrogens is 304 g/mol. The highest BCUT2D eigenvalue weighted by Crippen LogP contribution is 2.29. The van der Waals surface area contributed by atoms with E-state index in [1.165, 1.54) is 16.2 Å². The molecule has 2 heterocycles. The van der Waals surface area contributed by atoms with Crippen molar-refractivity contribution in [1.29, 1.82) is 0 Å². The Balaban J connectivity index is 2.28. The molecule has 6 nitrogen and oxygen atoms in total. The van der Waals surface area contributed by atoms with Crippen molar-refractivity contribution < 1.29 is 19.5 Å². The zero-order chi connectivity index (χ0) is 14.9. The lowest BCUT2D eigenvalue weighted by molar-refractivity contribution is -0.142. The molecule has 0 saturated carbocycles. The van der Waals surface area contributed by atoms with Gasteiger partial charge in [-0.1, -0.05) is 11.6 Å². The van der Waals surface area contributed by atoms with E-state index in [1.807, 2.05) is 0 Å². The number of carboxylic acids is 1. The number of piperazine rings is 1. The molecule has 1 fully saturated rings. The fraction of sp³-hybridized carbons (Fsp3) is 0.417. The molecule has 2 amide bonds. The summed E-state index contributed by atoms with van der Waals surface area (Å²) in [5.74, 6) is -1.97. The Morgan fingerprint density at radius 2 is 2.30 bits per heavy atom. The van der Waals surface area contributed by atoms with Gasteiger partial charge in [-0.2, -0.15) is 0 Å². The molecule has 0 radical (unpaired) electrons. The highest BCUT2D eigenvalue weighted by molar-refractivity contribution is 7.13. The van der Waals surface area contributed by atoms with E-state index in [4.69, 9.17) is 16.7 Å². The van der Waals surface area contributed by atoms with Gasteiger partial charge in [0.2, 0.25) is 5.91 Å². The summed E-state index contributed by atoms with van der Waals surface area (Å²) in [6, 6.07) is -0.993. The minimum atomic E-state index is -1.13. The van der Waals surface area contributed by atoms with Gasteiger partial charge in [0.25, 0.3) is 5.91 Å². The summed E-state index contributed by atoms with van der Waals surface area (Å²) in [4.78, 5) is 36.7. The van der Waals surface area contributed by atoms with E-state index >= 15 is 0 Å². The van der Waals surface area contributed by atoms with Crippen LogP contribution in [0, 0.1) is 6.92 Å². The first-order valence-electron chi connectivity index (χ1n) is 5.96. The molecule has 0 bridgehead atoms. The molecule has 1 aromatic rings. The van der Waals surface area contributed by atoms with Crippen molar-refractivity contribution in [3.8, 4) is 0 Å². The molecule has 0 spiro atoms. The lowest BCUT2D eigenvalue weighted by atomic mass is 10.1. The molecule has 2 N–H and O–H groups in total. The number of rotatable bonds is 3. The van der Waals surface area contributed by atoms with Crippen LogP contribution in [0.4, 0.5) is 0 Å². The average Bonchev–Trinajstić information content (AvgIpc) is 2.71. The number of thiophene rings is 1. The van der Waals surface area contributed by atoms with Crippen molar-refractivity contribution in [2.45, 2.75) is 19.4 Å². The van der Waals surface area contributed by atoms with E-state index in [9.17, 15) is 14.4 Å². The van der Waals surface area contributed by atoms with Crippen molar-refractivity contribution in [3.63, 3.8) is 0 Å². The van der Waals surface area contributed by atoms with E-state index in [2.05, 4.69) is 5.32 Å². The van der Waals surface area contributed by atoms with Crippen LogP contribution in [0.2, 0.25) is 5.02 Å². The van der Waals surface area contributed by atoms with Gasteiger partial charge in [0.15, 0.2) is 0 Å². The third-order valence-corrected chi connectivity index (χ3v) is 4.74. The summed E-state index contributed by atoms with van der Waals surface area (Å²) in [5.41, 5.74) is 0.788. The minimum absolute atomic E-state index is 0.274. The predicted octanol–water partition coefficient (Wildman–Crippen LogP) is 1.13. The summed E-state index contributed by atoms with van der Waals surface area (Å²) in [6.45, 7) is 2.37. The number of halogens is 1. The number of carbonyl (C=O) groups excluding carboxylic acids is 2. The van der Waals surface area contributed by atoms with Crippen LogP contribution in [0.3, 0.4) is 0 Å². The smallest absolute Gasteiger partial charge is 0.305 e. The molecule has 8 heteroatoms. The Labute approximate surface area is 124 Å². The number of aliphatic carboxylic acids is 1. The van der Waals surface area contributed by atoms with Crippen LogP contribution in [0.15, 0.2) is 5.38 Å². The Bertz CT molecular complexity index is 572. The quantitative estimate of drug-likeness (QED) is 0.875. The molecule has 1 unspecified atom stereocenters. The van der Waals surface area contributed by atoms with Crippen LogP contribution in [0.5, 0.6) is 0 Å². The topological polar surface area (TPSA) is 86.7 Å². The van der Waals surface area contributed by atoms with Gasteiger partial charge in [-0.3, -0.25) is 14.4 Å². The first kappa shape index (κ1) is 14.8. The van der Waals surface area contributed by atoms with Gasteiger partial charge in [-0.25, -0.2) is 0 Å². The Hall–Kier alpha value is -1.60. The molecule has 108 valence electrons. The van der Waals surface area contributed by atoms with E-state index in [0.717, 1.165) is 5.56 Å². The van der Waals surface area contributed by atoms with Gasteiger partial charge >= 0.3 is 5.97 Å². The van der Waals surface area contributed by atoms with Crippen LogP contribution in [0.1, 0.15) is 21.7 Å². The Morgan fingerprint density at radius 3 is 2.85 bits per heavy atom. The number of hydrogen-bond acceptors (Lipinski definition) is 4. The first-order chi connectivity index (χ1) is 9.41. The lowest BCUT2D eigenvalue weighted by Crippen LogP contribution is -2.57. The van der Waals surface area contributed by atoms with Crippen LogP contribution in [-0.2, 0) is 9.59 Å². The first-order valence-corrected chi connectivity index (χ1v) is 7.21. The van der Waals surface area contributed by atoms with Gasteiger partial charge in [-0.05, 0) is 17.9 Å². The SMILES string of the molecule is Cc1csc(C(=O)N2CCNC(=O)C2CC(=O)O)c1Cl. The summed E-state index contributed by atoms with van der Waals surface area (Å²) >= 11 is 7.26. The van der Waals surface area contributed by atoms with E-state index < -0.39 is 30.2 Å². The zero-order valence-electron chi connectivity index (χ0n) is 10.7. The van der Waals surface area contributed by atoms with Crippen molar-refractivity contribution >= 4 is 40.7 Å². The normalized spacial score (nSPS) is 18.8. The third-order valence-electron chi connectivity index (χ3n) is 3.05. The Kier molecular flexibility index (Phi) is 4.29. The third kappa shape index (κ3) is 2.78. The fourth-order valence-electron chi connectivity index (χ4n) is 2.03. The predicted molar refractivity (Wildman–Crippen MR) is 74.2 cm³/mol. The van der Waals surface area contributed by atoms with Crippen LogP contribution in [-0.4, -0.2) is 46.9 Å². The lowest BCUT2D eigenvalue weighted by Gasteiger charge is -2.34. The molecule has 1 saturated heterocycles. The van der Waals surface area contributed by atoms with Crippen LogP contribution < -0.4 is 5.32 Å².